The van der Waals surface area contributed by atoms with Crippen LogP contribution in [0.3, 0.4) is 0 Å². The number of carbonyl (C=O) groups is 1. The summed E-state index contributed by atoms with van der Waals surface area (Å²) in [5.41, 5.74) is 0.411. The maximum atomic E-state index is 14.4. The molecule has 1 spiro atoms. The van der Waals surface area contributed by atoms with Crippen LogP contribution in [0.4, 0.5) is 10.2 Å². The molecule has 4 aliphatic rings. The molecule has 0 aliphatic carbocycles. The molecule has 0 bridgehead atoms. The first-order chi connectivity index (χ1) is 23.5. The van der Waals surface area contributed by atoms with Crippen molar-refractivity contribution in [2.24, 2.45) is 11.3 Å². The van der Waals surface area contributed by atoms with Gasteiger partial charge in [-0.15, -0.1) is 12.4 Å². The van der Waals surface area contributed by atoms with Gasteiger partial charge in [0, 0.05) is 71.0 Å². The van der Waals surface area contributed by atoms with E-state index in [1.165, 1.54) is 24.5 Å². The van der Waals surface area contributed by atoms with Crippen LogP contribution in [0.5, 0.6) is 11.5 Å². The Morgan fingerprint density at radius 1 is 0.980 bits per heavy atom. The number of benzene rings is 1. The molecule has 50 heavy (non-hydrogen) atoms. The van der Waals surface area contributed by atoms with E-state index >= 15 is 0 Å². The van der Waals surface area contributed by atoms with Crippen molar-refractivity contribution in [1.29, 1.82) is 0 Å². The van der Waals surface area contributed by atoms with Crippen LogP contribution < -0.4 is 15.0 Å². The SMILES string of the molecule is CC(C)N(C(=O)c1cc(F)ccc1Oc1cncnc1N1CC[C@@H](CN2CCC3(CC2)CCN(S(=O)(=O)N2CCNCC2)CC3)C1)C(C)C.Cl. The number of rotatable bonds is 10. The predicted molar refractivity (Wildman–Crippen MR) is 195 cm³/mol. The van der Waals surface area contributed by atoms with E-state index in [4.69, 9.17) is 4.74 Å². The molecule has 5 heterocycles. The molecule has 0 unspecified atom stereocenters. The Balaban J connectivity index is 0.00000486. The molecule has 12 nitrogen and oxygen atoms in total. The molecular formula is C35H54ClFN8O4S. The fourth-order valence-electron chi connectivity index (χ4n) is 8.18. The van der Waals surface area contributed by atoms with Gasteiger partial charge in [0.1, 0.15) is 17.9 Å². The van der Waals surface area contributed by atoms with Gasteiger partial charge in [-0.1, -0.05) is 0 Å². The van der Waals surface area contributed by atoms with Crippen LogP contribution in [0.1, 0.15) is 70.2 Å². The monoisotopic (exact) mass is 736 g/mol. The number of carbonyl (C=O) groups excluding carboxylic acids is 1. The lowest BCUT2D eigenvalue weighted by molar-refractivity contribution is 0.0492. The average molecular weight is 737 g/mol. The van der Waals surface area contributed by atoms with Crippen molar-refractivity contribution in [2.75, 3.05) is 76.9 Å². The summed E-state index contributed by atoms with van der Waals surface area (Å²) in [7, 11) is -3.37. The molecule has 1 aromatic carbocycles. The molecule has 4 aliphatic heterocycles. The van der Waals surface area contributed by atoms with Gasteiger partial charge in [-0.25, -0.2) is 14.4 Å². The van der Waals surface area contributed by atoms with Crippen LogP contribution in [0.15, 0.2) is 30.7 Å². The minimum absolute atomic E-state index is 0. The van der Waals surface area contributed by atoms with Gasteiger partial charge in [-0.2, -0.15) is 17.0 Å². The smallest absolute Gasteiger partial charge is 0.282 e. The highest BCUT2D eigenvalue weighted by Gasteiger charge is 2.42. The topological polar surface area (TPSA) is 114 Å². The third-order valence-corrected chi connectivity index (χ3v) is 13.0. The van der Waals surface area contributed by atoms with Crippen LogP contribution in [-0.2, 0) is 10.2 Å². The minimum atomic E-state index is -3.37. The van der Waals surface area contributed by atoms with Crippen LogP contribution >= 0.6 is 12.4 Å². The number of halogens is 2. The Morgan fingerprint density at radius 2 is 1.62 bits per heavy atom. The van der Waals surface area contributed by atoms with E-state index in [2.05, 4.69) is 25.1 Å². The number of piperidine rings is 2. The molecule has 0 saturated carbocycles. The summed E-state index contributed by atoms with van der Waals surface area (Å²) in [6.07, 6.45) is 8.25. The number of piperazine rings is 1. The van der Waals surface area contributed by atoms with E-state index < -0.39 is 16.0 Å². The van der Waals surface area contributed by atoms with Crippen molar-refractivity contribution in [1.82, 2.24) is 33.7 Å². The number of amides is 1. The van der Waals surface area contributed by atoms with E-state index in [1.807, 2.05) is 27.7 Å². The van der Waals surface area contributed by atoms with Crippen LogP contribution in [0, 0.1) is 17.2 Å². The largest absolute Gasteiger partial charge is 0.451 e. The highest BCUT2D eigenvalue weighted by atomic mass is 35.5. The molecule has 1 amide bonds. The first-order valence-electron chi connectivity index (χ1n) is 18.0. The molecule has 278 valence electrons. The van der Waals surface area contributed by atoms with Crippen LogP contribution in [-0.4, -0.2) is 127 Å². The maximum Gasteiger partial charge on any atom is 0.282 e. The summed E-state index contributed by atoms with van der Waals surface area (Å²) in [5.74, 6) is 1.08. The molecular weight excluding hydrogens is 683 g/mol. The van der Waals surface area contributed by atoms with Crippen molar-refractivity contribution < 1.29 is 22.3 Å². The molecule has 15 heteroatoms. The molecule has 4 saturated heterocycles. The van der Waals surface area contributed by atoms with E-state index in [0.717, 1.165) is 64.8 Å². The average Bonchev–Trinajstić information content (AvgIpc) is 3.55. The fourth-order valence-corrected chi connectivity index (χ4v) is 9.79. The molecule has 4 fully saturated rings. The zero-order chi connectivity index (χ0) is 34.8. The molecule has 2 aromatic rings. The van der Waals surface area contributed by atoms with Gasteiger partial charge in [0.05, 0.1) is 11.8 Å². The highest BCUT2D eigenvalue weighted by Crippen LogP contribution is 2.43. The van der Waals surface area contributed by atoms with Crippen molar-refractivity contribution in [3.05, 3.63) is 42.1 Å². The molecule has 1 atom stereocenters. The number of anilines is 1. The normalized spacial score (nSPS) is 22.2. The molecule has 1 N–H and O–H groups in total. The molecule has 1 aromatic heterocycles. The summed E-state index contributed by atoms with van der Waals surface area (Å²) >= 11 is 0. The second kappa shape index (κ2) is 16.4. The van der Waals surface area contributed by atoms with Gasteiger partial charge in [0.2, 0.25) is 0 Å². The van der Waals surface area contributed by atoms with Crippen LogP contribution in [0.25, 0.3) is 0 Å². The predicted octanol–water partition coefficient (Wildman–Crippen LogP) is 4.24. The second-order valence-corrected chi connectivity index (χ2v) is 16.7. The van der Waals surface area contributed by atoms with E-state index in [0.29, 0.717) is 56.8 Å². The number of ether oxygens (including phenoxy) is 1. The third-order valence-electron chi connectivity index (χ3n) is 10.9. The van der Waals surface area contributed by atoms with Gasteiger partial charge in [0.15, 0.2) is 11.6 Å². The number of nitrogens with one attached hydrogen (secondary N) is 1. The van der Waals surface area contributed by atoms with Gasteiger partial charge in [-0.05, 0) is 102 Å². The van der Waals surface area contributed by atoms with Crippen molar-refractivity contribution >= 4 is 34.3 Å². The highest BCUT2D eigenvalue weighted by molar-refractivity contribution is 7.86. The number of likely N-dealkylation sites (tertiary alicyclic amines) is 1. The Morgan fingerprint density at radius 3 is 2.28 bits per heavy atom. The lowest BCUT2D eigenvalue weighted by atomic mass is 9.71. The zero-order valence-corrected chi connectivity index (χ0v) is 31.5. The van der Waals surface area contributed by atoms with Gasteiger partial charge >= 0.3 is 0 Å². The van der Waals surface area contributed by atoms with Gasteiger partial charge in [0.25, 0.3) is 16.1 Å². The summed E-state index contributed by atoms with van der Waals surface area (Å²) in [5, 5.41) is 3.24. The maximum absolute atomic E-state index is 14.4. The van der Waals surface area contributed by atoms with E-state index in [9.17, 15) is 17.6 Å². The lowest BCUT2D eigenvalue weighted by Crippen LogP contribution is -2.55. The summed E-state index contributed by atoms with van der Waals surface area (Å²) in [6.45, 7) is 16.3. The zero-order valence-electron chi connectivity index (χ0n) is 29.9. The lowest BCUT2D eigenvalue weighted by Gasteiger charge is -2.47. The first kappa shape index (κ1) is 38.6. The summed E-state index contributed by atoms with van der Waals surface area (Å²) < 4.78 is 50.5. The minimum Gasteiger partial charge on any atom is -0.451 e. The van der Waals surface area contributed by atoms with Crippen molar-refractivity contribution in [3.63, 3.8) is 0 Å². The Kier molecular flexibility index (Phi) is 12.6. The fraction of sp³-hybridized carbons (Fsp3) is 0.686. The van der Waals surface area contributed by atoms with Crippen LogP contribution in [0.2, 0.25) is 0 Å². The Hall–Kier alpha value is -2.62. The summed E-state index contributed by atoms with van der Waals surface area (Å²) in [4.78, 5) is 28.9. The van der Waals surface area contributed by atoms with E-state index in [-0.39, 0.29) is 47.1 Å². The number of aromatic nitrogens is 2. The second-order valence-electron chi connectivity index (χ2n) is 14.8. The molecule has 0 radical (unpaired) electrons. The third kappa shape index (κ3) is 8.53. The van der Waals surface area contributed by atoms with Crippen molar-refractivity contribution in [2.45, 2.75) is 71.9 Å². The van der Waals surface area contributed by atoms with Gasteiger partial charge < -0.3 is 24.8 Å². The van der Waals surface area contributed by atoms with Gasteiger partial charge in [-0.3, -0.25) is 4.79 Å². The van der Waals surface area contributed by atoms with E-state index in [1.54, 1.807) is 19.7 Å². The number of nitrogens with zero attached hydrogens (tertiary/aromatic N) is 7. The van der Waals surface area contributed by atoms with Crippen molar-refractivity contribution in [3.8, 4) is 11.5 Å². The first-order valence-corrected chi connectivity index (χ1v) is 19.4. The Bertz CT molecular complexity index is 1550. The number of hydrogen-bond acceptors (Lipinski definition) is 9. The standard InChI is InChI=1S/C35H53FN8O4S.ClH/c1-26(2)44(27(3)4)34(45)30-21-29(36)5-6-31(30)48-32-22-38-25-39-33(32)41-14-7-28(24-41)23-40-15-8-35(9-16-40)10-17-42(18-11-35)49(46,47)43-19-12-37-13-20-43;/h5-6,21-22,25-28,37H,7-20,23-24H2,1-4H3;1H/t28-;/m0./s1. The quantitative estimate of drug-likeness (QED) is 0.383. The summed E-state index contributed by atoms with van der Waals surface area (Å²) in [6, 6.07) is 3.92. The number of hydrogen-bond donors (Lipinski definition) is 1. The Labute approximate surface area is 303 Å². The molecule has 6 rings (SSSR count).